The predicted molar refractivity (Wildman–Crippen MR) is 83.9 cm³/mol. The molecular weight excluding hydrogens is 335 g/mol. The van der Waals surface area contributed by atoms with Crippen molar-refractivity contribution in [3.8, 4) is 11.1 Å². The minimum absolute atomic E-state index is 0.372. The van der Waals surface area contributed by atoms with Crippen molar-refractivity contribution in [2.75, 3.05) is 0 Å². The summed E-state index contributed by atoms with van der Waals surface area (Å²) in [6, 6.07) is 4.94. The Labute approximate surface area is 142 Å². The van der Waals surface area contributed by atoms with E-state index in [-0.39, 0.29) is 6.10 Å². The molecule has 1 aliphatic carbocycles. The SMILES string of the molecule is CC(OC1CCc2c(-c3ccc(C(F)(F)F)cc3)cncc21)C(=O)O. The summed E-state index contributed by atoms with van der Waals surface area (Å²) in [5.74, 6) is -1.04. The van der Waals surface area contributed by atoms with Crippen LogP contribution in [-0.2, 0) is 22.1 Å². The first-order chi connectivity index (χ1) is 11.8. The van der Waals surface area contributed by atoms with Gasteiger partial charge in [0.05, 0.1) is 11.7 Å². The highest BCUT2D eigenvalue weighted by molar-refractivity contribution is 5.72. The Morgan fingerprint density at radius 3 is 2.56 bits per heavy atom. The lowest BCUT2D eigenvalue weighted by atomic mass is 9.98. The van der Waals surface area contributed by atoms with Gasteiger partial charge in [-0.1, -0.05) is 12.1 Å². The summed E-state index contributed by atoms with van der Waals surface area (Å²) in [4.78, 5) is 15.1. The van der Waals surface area contributed by atoms with Crippen LogP contribution in [0, 0.1) is 0 Å². The molecule has 1 aromatic heterocycles. The molecule has 0 spiro atoms. The lowest BCUT2D eigenvalue weighted by Gasteiger charge is -2.16. The zero-order valence-corrected chi connectivity index (χ0v) is 13.4. The van der Waals surface area contributed by atoms with Crippen molar-refractivity contribution in [1.29, 1.82) is 0 Å². The molecule has 0 saturated carbocycles. The minimum atomic E-state index is -4.37. The third-order valence-corrected chi connectivity index (χ3v) is 4.33. The second kappa shape index (κ2) is 6.48. The second-order valence-electron chi connectivity index (χ2n) is 5.97. The van der Waals surface area contributed by atoms with Gasteiger partial charge in [0.15, 0.2) is 6.10 Å². The van der Waals surface area contributed by atoms with Crippen LogP contribution in [0.2, 0.25) is 0 Å². The number of aromatic nitrogens is 1. The van der Waals surface area contributed by atoms with Gasteiger partial charge in [0, 0.05) is 23.5 Å². The average Bonchev–Trinajstić information content (AvgIpc) is 2.97. The number of aliphatic carboxylic acids is 1. The van der Waals surface area contributed by atoms with Crippen molar-refractivity contribution >= 4 is 5.97 Å². The van der Waals surface area contributed by atoms with Crippen LogP contribution >= 0.6 is 0 Å². The number of fused-ring (bicyclic) bond motifs is 1. The van der Waals surface area contributed by atoms with Crippen molar-refractivity contribution in [2.45, 2.75) is 38.1 Å². The number of hydrogen-bond donors (Lipinski definition) is 1. The van der Waals surface area contributed by atoms with E-state index in [1.165, 1.54) is 19.1 Å². The zero-order chi connectivity index (χ0) is 18.2. The fourth-order valence-corrected chi connectivity index (χ4v) is 3.02. The molecule has 1 heterocycles. The number of pyridine rings is 1. The van der Waals surface area contributed by atoms with Gasteiger partial charge in [-0.15, -0.1) is 0 Å². The highest BCUT2D eigenvalue weighted by atomic mass is 19.4. The predicted octanol–water partition coefficient (Wildman–Crippen LogP) is 4.24. The topological polar surface area (TPSA) is 59.4 Å². The molecule has 1 N–H and O–H groups in total. The van der Waals surface area contributed by atoms with Crippen LogP contribution in [0.15, 0.2) is 36.7 Å². The van der Waals surface area contributed by atoms with E-state index in [1.807, 2.05) is 0 Å². The zero-order valence-electron chi connectivity index (χ0n) is 13.4. The quantitative estimate of drug-likeness (QED) is 0.895. The average molecular weight is 351 g/mol. The third-order valence-electron chi connectivity index (χ3n) is 4.33. The van der Waals surface area contributed by atoms with Crippen molar-refractivity contribution in [3.05, 3.63) is 53.3 Å². The van der Waals surface area contributed by atoms with E-state index < -0.39 is 23.8 Å². The smallest absolute Gasteiger partial charge is 0.416 e. The molecule has 0 aliphatic heterocycles. The summed E-state index contributed by atoms with van der Waals surface area (Å²) in [7, 11) is 0. The molecule has 2 aromatic rings. The van der Waals surface area contributed by atoms with Crippen LogP contribution in [0.5, 0.6) is 0 Å². The normalized spacial score (nSPS) is 18.0. The Bertz CT molecular complexity index is 787. The molecule has 25 heavy (non-hydrogen) atoms. The summed E-state index contributed by atoms with van der Waals surface area (Å²) in [5.41, 5.74) is 2.43. The maximum atomic E-state index is 12.7. The van der Waals surface area contributed by atoms with Gasteiger partial charge in [-0.25, -0.2) is 4.79 Å². The Hall–Kier alpha value is -2.41. The molecule has 132 valence electrons. The van der Waals surface area contributed by atoms with Gasteiger partial charge >= 0.3 is 12.1 Å². The maximum absolute atomic E-state index is 12.7. The summed E-state index contributed by atoms with van der Waals surface area (Å²) in [6.45, 7) is 1.47. The molecular formula is C18H16F3NO3. The Balaban J connectivity index is 1.90. The van der Waals surface area contributed by atoms with Crippen LogP contribution < -0.4 is 0 Å². The van der Waals surface area contributed by atoms with Gasteiger partial charge in [0.2, 0.25) is 0 Å². The molecule has 1 aliphatic rings. The van der Waals surface area contributed by atoms with Gasteiger partial charge in [-0.05, 0) is 43.0 Å². The molecule has 3 rings (SSSR count). The van der Waals surface area contributed by atoms with Crippen molar-refractivity contribution < 1.29 is 27.8 Å². The highest BCUT2D eigenvalue weighted by Crippen LogP contribution is 2.40. The first kappa shape index (κ1) is 17.4. The minimum Gasteiger partial charge on any atom is -0.479 e. The standard InChI is InChI=1S/C18H16F3NO3/c1-10(17(23)24)25-16-7-6-13-14(8-22-9-15(13)16)11-2-4-12(5-3-11)18(19,20)21/h2-5,8-10,16H,6-7H2,1H3,(H,23,24). The number of ether oxygens (including phenoxy) is 1. The van der Waals surface area contributed by atoms with Crippen LogP contribution in [0.25, 0.3) is 11.1 Å². The molecule has 0 saturated heterocycles. The van der Waals surface area contributed by atoms with E-state index in [0.717, 1.165) is 28.8 Å². The first-order valence-corrected chi connectivity index (χ1v) is 7.80. The van der Waals surface area contributed by atoms with Crippen molar-refractivity contribution in [3.63, 3.8) is 0 Å². The number of alkyl halides is 3. The van der Waals surface area contributed by atoms with Gasteiger partial charge in [-0.2, -0.15) is 13.2 Å². The largest absolute Gasteiger partial charge is 0.479 e. The summed E-state index contributed by atoms with van der Waals surface area (Å²) in [6.07, 6.45) is -1.16. The van der Waals surface area contributed by atoms with Gasteiger partial charge in [0.25, 0.3) is 0 Å². The monoisotopic (exact) mass is 351 g/mol. The van der Waals surface area contributed by atoms with Crippen molar-refractivity contribution in [2.24, 2.45) is 0 Å². The molecule has 2 unspecified atom stereocenters. The fraction of sp³-hybridized carbons (Fsp3) is 0.333. The summed E-state index contributed by atoms with van der Waals surface area (Å²) in [5, 5.41) is 8.98. The summed E-state index contributed by atoms with van der Waals surface area (Å²) < 4.78 is 43.7. The number of hydrogen-bond acceptors (Lipinski definition) is 3. The lowest BCUT2D eigenvalue weighted by molar-refractivity contribution is -0.153. The first-order valence-electron chi connectivity index (χ1n) is 7.80. The molecule has 0 bridgehead atoms. The number of nitrogens with zero attached hydrogens (tertiary/aromatic N) is 1. The van der Waals surface area contributed by atoms with Crippen molar-refractivity contribution in [1.82, 2.24) is 4.98 Å². The van der Waals surface area contributed by atoms with Crippen LogP contribution in [-0.4, -0.2) is 22.2 Å². The number of carboxylic acids is 1. The molecule has 2 atom stereocenters. The number of carbonyl (C=O) groups is 1. The molecule has 0 radical (unpaired) electrons. The molecule has 7 heteroatoms. The number of carboxylic acid groups (broad SMARTS) is 1. The van der Waals surface area contributed by atoms with E-state index in [0.29, 0.717) is 18.4 Å². The highest BCUT2D eigenvalue weighted by Gasteiger charge is 2.31. The second-order valence-corrected chi connectivity index (χ2v) is 5.97. The number of halogens is 3. The van der Waals surface area contributed by atoms with E-state index in [9.17, 15) is 18.0 Å². The Kier molecular flexibility index (Phi) is 4.51. The van der Waals surface area contributed by atoms with Gasteiger partial charge < -0.3 is 9.84 Å². The van der Waals surface area contributed by atoms with Crippen LogP contribution in [0.1, 0.15) is 36.1 Å². The van der Waals surface area contributed by atoms with Gasteiger partial charge in [0.1, 0.15) is 0 Å². The summed E-state index contributed by atoms with van der Waals surface area (Å²) >= 11 is 0. The number of rotatable bonds is 4. The molecule has 4 nitrogen and oxygen atoms in total. The van der Waals surface area contributed by atoms with Crippen LogP contribution in [0.4, 0.5) is 13.2 Å². The van der Waals surface area contributed by atoms with E-state index in [1.54, 1.807) is 12.4 Å². The Morgan fingerprint density at radius 2 is 1.96 bits per heavy atom. The van der Waals surface area contributed by atoms with E-state index >= 15 is 0 Å². The number of benzene rings is 1. The fourth-order valence-electron chi connectivity index (χ4n) is 3.02. The van der Waals surface area contributed by atoms with E-state index in [2.05, 4.69) is 4.98 Å². The third kappa shape index (κ3) is 3.51. The van der Waals surface area contributed by atoms with E-state index in [4.69, 9.17) is 9.84 Å². The molecule has 0 fully saturated rings. The molecule has 1 aromatic carbocycles. The van der Waals surface area contributed by atoms with Crippen LogP contribution in [0.3, 0.4) is 0 Å². The molecule has 0 amide bonds. The lowest BCUT2D eigenvalue weighted by Crippen LogP contribution is -2.21. The Morgan fingerprint density at radius 1 is 1.28 bits per heavy atom. The van der Waals surface area contributed by atoms with Gasteiger partial charge in [-0.3, -0.25) is 4.98 Å². The maximum Gasteiger partial charge on any atom is 0.416 e.